The number of aromatic nitrogens is 1. The van der Waals surface area contributed by atoms with Gasteiger partial charge in [-0.3, -0.25) is 0 Å². The Hall–Kier alpha value is -2.34. The average Bonchev–Trinajstić information content (AvgIpc) is 3.31. The Kier molecular flexibility index (Phi) is 6.06. The molecule has 1 atom stereocenters. The van der Waals surface area contributed by atoms with E-state index in [1.807, 2.05) is 36.4 Å². The molecular weight excluding hydrogens is 316 g/mol. The standard InChI is InChI=1S/C19H26N4O2/c1-3-20-19(23(2)13-15-9-10-24-14-15)21-12-17-11-18(25-22-17)16-7-5-4-6-8-16/h4-8,11,15H,3,9-10,12-14H2,1-2H3,(H,20,21). The van der Waals surface area contributed by atoms with Gasteiger partial charge in [0, 0.05) is 44.3 Å². The van der Waals surface area contributed by atoms with Gasteiger partial charge in [-0.05, 0) is 13.3 Å². The van der Waals surface area contributed by atoms with Crippen molar-refractivity contribution < 1.29 is 9.26 Å². The summed E-state index contributed by atoms with van der Waals surface area (Å²) in [6.45, 7) is 6.05. The topological polar surface area (TPSA) is 62.9 Å². The molecule has 1 aromatic heterocycles. The molecule has 0 bridgehead atoms. The normalized spacial score (nSPS) is 17.7. The minimum atomic E-state index is 0.490. The fraction of sp³-hybridized carbons (Fsp3) is 0.474. The number of nitrogens with one attached hydrogen (secondary N) is 1. The van der Waals surface area contributed by atoms with Crippen LogP contribution in [-0.4, -0.2) is 49.4 Å². The molecular formula is C19H26N4O2. The van der Waals surface area contributed by atoms with E-state index in [1.54, 1.807) is 0 Å². The molecule has 134 valence electrons. The van der Waals surface area contributed by atoms with E-state index in [-0.39, 0.29) is 0 Å². The minimum Gasteiger partial charge on any atom is -0.381 e. The summed E-state index contributed by atoms with van der Waals surface area (Å²) in [5.74, 6) is 2.23. The third kappa shape index (κ3) is 4.82. The maximum atomic E-state index is 5.46. The molecule has 2 aromatic rings. The van der Waals surface area contributed by atoms with Gasteiger partial charge < -0.3 is 19.5 Å². The van der Waals surface area contributed by atoms with E-state index < -0.39 is 0 Å². The van der Waals surface area contributed by atoms with Crippen LogP contribution in [0.1, 0.15) is 19.0 Å². The van der Waals surface area contributed by atoms with Crippen LogP contribution in [0.4, 0.5) is 0 Å². The van der Waals surface area contributed by atoms with E-state index in [1.165, 1.54) is 0 Å². The van der Waals surface area contributed by atoms with Crippen molar-refractivity contribution in [3.8, 4) is 11.3 Å². The first-order valence-corrected chi connectivity index (χ1v) is 8.84. The van der Waals surface area contributed by atoms with Crippen molar-refractivity contribution in [3.63, 3.8) is 0 Å². The molecule has 2 heterocycles. The van der Waals surface area contributed by atoms with Crippen LogP contribution in [0.25, 0.3) is 11.3 Å². The maximum Gasteiger partial charge on any atom is 0.194 e. The maximum absolute atomic E-state index is 5.46. The lowest BCUT2D eigenvalue weighted by Crippen LogP contribution is -2.41. The predicted octanol–water partition coefficient (Wildman–Crippen LogP) is 2.78. The van der Waals surface area contributed by atoms with Gasteiger partial charge in [0.05, 0.1) is 13.2 Å². The molecule has 1 unspecified atom stereocenters. The largest absolute Gasteiger partial charge is 0.381 e. The number of aliphatic imine (C=N–C) groups is 1. The van der Waals surface area contributed by atoms with Gasteiger partial charge in [-0.1, -0.05) is 35.5 Å². The summed E-state index contributed by atoms with van der Waals surface area (Å²) in [6, 6.07) is 11.9. The molecule has 25 heavy (non-hydrogen) atoms. The highest BCUT2D eigenvalue weighted by atomic mass is 16.5. The average molecular weight is 342 g/mol. The van der Waals surface area contributed by atoms with E-state index in [4.69, 9.17) is 14.3 Å². The van der Waals surface area contributed by atoms with Crippen molar-refractivity contribution >= 4 is 5.96 Å². The third-order valence-corrected chi connectivity index (χ3v) is 4.26. The number of benzene rings is 1. The van der Waals surface area contributed by atoms with Crippen LogP contribution in [0.15, 0.2) is 45.9 Å². The van der Waals surface area contributed by atoms with Gasteiger partial charge in [0.2, 0.25) is 0 Å². The van der Waals surface area contributed by atoms with Crippen LogP contribution in [-0.2, 0) is 11.3 Å². The second-order valence-corrected chi connectivity index (χ2v) is 6.33. The van der Waals surface area contributed by atoms with Crippen LogP contribution in [0.2, 0.25) is 0 Å². The molecule has 1 saturated heterocycles. The second-order valence-electron chi connectivity index (χ2n) is 6.33. The molecule has 1 aromatic carbocycles. The van der Waals surface area contributed by atoms with Crippen LogP contribution in [0, 0.1) is 5.92 Å². The highest BCUT2D eigenvalue weighted by molar-refractivity contribution is 5.79. The summed E-state index contributed by atoms with van der Waals surface area (Å²) >= 11 is 0. The molecule has 0 spiro atoms. The fourth-order valence-corrected chi connectivity index (χ4v) is 2.95. The minimum absolute atomic E-state index is 0.490. The number of hydrogen-bond donors (Lipinski definition) is 1. The Bertz CT molecular complexity index is 678. The quantitative estimate of drug-likeness (QED) is 0.646. The number of ether oxygens (including phenoxy) is 1. The lowest BCUT2D eigenvalue weighted by molar-refractivity contribution is 0.181. The Morgan fingerprint density at radius 3 is 2.92 bits per heavy atom. The summed E-state index contributed by atoms with van der Waals surface area (Å²) in [6.07, 6.45) is 1.12. The summed E-state index contributed by atoms with van der Waals surface area (Å²) in [7, 11) is 2.07. The smallest absolute Gasteiger partial charge is 0.194 e. The first-order valence-electron chi connectivity index (χ1n) is 8.84. The van der Waals surface area contributed by atoms with E-state index in [0.29, 0.717) is 12.5 Å². The zero-order valence-corrected chi connectivity index (χ0v) is 14.9. The fourth-order valence-electron chi connectivity index (χ4n) is 2.95. The molecule has 0 amide bonds. The van der Waals surface area contributed by atoms with Crippen LogP contribution >= 0.6 is 0 Å². The molecule has 1 aliphatic rings. The summed E-state index contributed by atoms with van der Waals surface area (Å²) < 4.78 is 10.9. The zero-order valence-electron chi connectivity index (χ0n) is 14.9. The second kappa shape index (κ2) is 8.67. The van der Waals surface area contributed by atoms with Gasteiger partial charge in [0.25, 0.3) is 0 Å². The van der Waals surface area contributed by atoms with Gasteiger partial charge in [-0.25, -0.2) is 4.99 Å². The van der Waals surface area contributed by atoms with Crippen molar-refractivity contribution in [1.82, 2.24) is 15.4 Å². The highest BCUT2D eigenvalue weighted by Gasteiger charge is 2.19. The van der Waals surface area contributed by atoms with Crippen LogP contribution in [0.5, 0.6) is 0 Å². The first-order chi connectivity index (χ1) is 12.3. The lowest BCUT2D eigenvalue weighted by atomic mass is 10.1. The van der Waals surface area contributed by atoms with Crippen molar-refractivity contribution in [2.24, 2.45) is 10.9 Å². The Balaban J connectivity index is 1.63. The molecule has 6 nitrogen and oxygen atoms in total. The molecule has 6 heteroatoms. The summed E-state index contributed by atoms with van der Waals surface area (Å²) in [5.41, 5.74) is 1.85. The lowest BCUT2D eigenvalue weighted by Gasteiger charge is -2.24. The van der Waals surface area contributed by atoms with Crippen LogP contribution in [0.3, 0.4) is 0 Å². The molecule has 1 N–H and O–H groups in total. The summed E-state index contributed by atoms with van der Waals surface area (Å²) in [5, 5.41) is 7.48. The van der Waals surface area contributed by atoms with Gasteiger partial charge in [0.1, 0.15) is 5.69 Å². The Morgan fingerprint density at radius 1 is 1.36 bits per heavy atom. The van der Waals surface area contributed by atoms with Crippen molar-refractivity contribution in [1.29, 1.82) is 0 Å². The number of hydrogen-bond acceptors (Lipinski definition) is 4. The Morgan fingerprint density at radius 2 is 2.20 bits per heavy atom. The van der Waals surface area contributed by atoms with Gasteiger partial charge in [0.15, 0.2) is 11.7 Å². The zero-order chi connectivity index (χ0) is 17.5. The number of guanidine groups is 1. The Labute approximate surface area is 148 Å². The highest BCUT2D eigenvalue weighted by Crippen LogP contribution is 2.20. The van der Waals surface area contributed by atoms with E-state index >= 15 is 0 Å². The van der Waals surface area contributed by atoms with E-state index in [2.05, 4.69) is 29.3 Å². The molecule has 0 radical (unpaired) electrons. The van der Waals surface area contributed by atoms with Crippen molar-refractivity contribution in [3.05, 3.63) is 42.1 Å². The SMILES string of the molecule is CCNC(=NCc1cc(-c2ccccc2)on1)N(C)CC1CCOC1. The third-order valence-electron chi connectivity index (χ3n) is 4.26. The van der Waals surface area contributed by atoms with Crippen molar-refractivity contribution in [2.45, 2.75) is 19.9 Å². The summed E-state index contributed by atoms with van der Waals surface area (Å²) in [4.78, 5) is 6.87. The van der Waals surface area contributed by atoms with Crippen LogP contribution < -0.4 is 5.32 Å². The monoisotopic (exact) mass is 342 g/mol. The molecule has 3 rings (SSSR count). The number of nitrogens with zero attached hydrogens (tertiary/aromatic N) is 3. The number of rotatable bonds is 6. The molecule has 1 fully saturated rings. The first kappa shape index (κ1) is 17.5. The molecule has 1 aliphatic heterocycles. The van der Waals surface area contributed by atoms with Gasteiger partial charge in [-0.2, -0.15) is 0 Å². The van der Waals surface area contributed by atoms with Crippen molar-refractivity contribution in [2.75, 3.05) is 33.4 Å². The van der Waals surface area contributed by atoms with E-state index in [9.17, 15) is 0 Å². The predicted molar refractivity (Wildman–Crippen MR) is 98.3 cm³/mol. The molecule has 0 saturated carbocycles. The van der Waals surface area contributed by atoms with E-state index in [0.717, 1.165) is 55.7 Å². The van der Waals surface area contributed by atoms with Gasteiger partial charge in [-0.15, -0.1) is 0 Å². The molecule has 0 aliphatic carbocycles. The van der Waals surface area contributed by atoms with Gasteiger partial charge >= 0.3 is 0 Å².